The fraction of sp³-hybridized carbons (Fsp3) is 0.625. The van der Waals surface area contributed by atoms with Crippen LogP contribution in [0.15, 0.2) is 18.2 Å². The minimum absolute atomic E-state index is 0.0687. The predicted octanol–water partition coefficient (Wildman–Crippen LogP) is 5.55. The first-order valence-electron chi connectivity index (χ1n) is 11.7. The molecule has 0 aliphatic carbocycles. The number of hydrogen-bond donors (Lipinski definition) is 0. The van der Waals surface area contributed by atoms with Crippen LogP contribution in [-0.4, -0.2) is 72.0 Å². The van der Waals surface area contributed by atoms with Gasteiger partial charge in [-0.3, -0.25) is 4.90 Å². The maximum absolute atomic E-state index is 15.9. The first kappa shape index (κ1) is 25.9. The maximum atomic E-state index is 15.9. The molecule has 0 N–H and O–H groups in total. The highest BCUT2D eigenvalue weighted by molar-refractivity contribution is 7.18. The summed E-state index contributed by atoms with van der Waals surface area (Å²) in [5, 5.41) is 10.5. The van der Waals surface area contributed by atoms with Crippen molar-refractivity contribution in [2.75, 3.05) is 25.9 Å². The third-order valence-electron chi connectivity index (χ3n) is 6.36. The number of aromatic nitrogens is 2. The molecule has 2 aliphatic heterocycles. The largest absolute Gasteiger partial charge is 0.467 e. The van der Waals surface area contributed by atoms with E-state index in [1.54, 1.807) is 24.1 Å². The van der Waals surface area contributed by atoms with E-state index in [9.17, 15) is 4.79 Å². The standard InChI is InChI=1S/C24H32ClFN4O4S/c1-24(2,3)34-23(31)30-15-7-6-8-17(30)20(26)18(12-15)29(4)22-28-27-21(35-22)16-10-9-14(25)11-19(16)33-13-32-5/h9-11,15,17-18,20H,6-8,12-13H2,1-5H3/t15-,17+,18-,20+/m0/s1. The summed E-state index contributed by atoms with van der Waals surface area (Å²) in [6, 6.07) is 4.28. The molecule has 8 nitrogen and oxygen atoms in total. The molecule has 2 saturated heterocycles. The van der Waals surface area contributed by atoms with E-state index in [1.807, 2.05) is 38.8 Å². The monoisotopic (exact) mass is 526 g/mol. The van der Waals surface area contributed by atoms with Gasteiger partial charge in [-0.2, -0.15) is 0 Å². The third-order valence-corrected chi connectivity index (χ3v) is 7.64. The number of methoxy groups -OCH3 is 1. The molecule has 0 spiro atoms. The van der Waals surface area contributed by atoms with Crippen LogP contribution in [-0.2, 0) is 9.47 Å². The van der Waals surface area contributed by atoms with E-state index in [1.165, 1.54) is 11.3 Å². The molecule has 192 valence electrons. The highest BCUT2D eigenvalue weighted by Crippen LogP contribution is 2.41. The summed E-state index contributed by atoms with van der Waals surface area (Å²) in [5.74, 6) is 0.535. The van der Waals surface area contributed by atoms with Crippen molar-refractivity contribution in [3.63, 3.8) is 0 Å². The molecule has 11 heteroatoms. The van der Waals surface area contributed by atoms with Crippen LogP contribution >= 0.6 is 22.9 Å². The molecule has 2 aliphatic rings. The van der Waals surface area contributed by atoms with Gasteiger partial charge in [0.25, 0.3) is 0 Å². The topological polar surface area (TPSA) is 77.0 Å². The quantitative estimate of drug-likeness (QED) is 0.457. The molecule has 1 amide bonds. The Morgan fingerprint density at radius 3 is 2.80 bits per heavy atom. The molecule has 3 heterocycles. The molecule has 4 rings (SSSR count). The Kier molecular flexibility index (Phi) is 7.73. The van der Waals surface area contributed by atoms with Crippen molar-refractivity contribution in [3.05, 3.63) is 23.2 Å². The number of fused-ring (bicyclic) bond motifs is 2. The van der Waals surface area contributed by atoms with E-state index in [0.717, 1.165) is 18.4 Å². The van der Waals surface area contributed by atoms with Crippen LogP contribution in [0.4, 0.5) is 14.3 Å². The van der Waals surface area contributed by atoms with E-state index in [-0.39, 0.29) is 12.8 Å². The SMILES string of the molecule is COCOc1cc(Cl)ccc1-c1nnc(N(C)[C@H]2C[C@@H]3CCC[C@H]([C@H]2F)N3C(=O)OC(C)(C)C)s1. The molecule has 0 radical (unpaired) electrons. The first-order valence-corrected chi connectivity index (χ1v) is 12.9. The zero-order chi connectivity index (χ0) is 25.3. The van der Waals surface area contributed by atoms with Gasteiger partial charge in [0.2, 0.25) is 5.13 Å². The second kappa shape index (κ2) is 10.4. The third kappa shape index (κ3) is 5.65. The van der Waals surface area contributed by atoms with Crippen molar-refractivity contribution in [1.82, 2.24) is 15.1 Å². The Morgan fingerprint density at radius 1 is 1.31 bits per heavy atom. The van der Waals surface area contributed by atoms with Gasteiger partial charge in [0.1, 0.15) is 17.5 Å². The van der Waals surface area contributed by atoms with Gasteiger partial charge in [0.15, 0.2) is 11.8 Å². The molecule has 2 bridgehead atoms. The number of alkyl halides is 1. The number of ether oxygens (including phenoxy) is 3. The van der Waals surface area contributed by atoms with Crippen molar-refractivity contribution in [3.8, 4) is 16.3 Å². The van der Waals surface area contributed by atoms with Gasteiger partial charge in [0, 0.05) is 25.2 Å². The van der Waals surface area contributed by atoms with Gasteiger partial charge >= 0.3 is 6.09 Å². The molecule has 1 aromatic carbocycles. The number of anilines is 1. The van der Waals surface area contributed by atoms with Crippen molar-refractivity contribution < 1.29 is 23.4 Å². The van der Waals surface area contributed by atoms with Crippen LogP contribution in [0.5, 0.6) is 5.75 Å². The number of nitrogens with zero attached hydrogens (tertiary/aromatic N) is 4. The van der Waals surface area contributed by atoms with E-state index in [2.05, 4.69) is 10.2 Å². The summed E-state index contributed by atoms with van der Waals surface area (Å²) in [4.78, 5) is 16.4. The van der Waals surface area contributed by atoms with E-state index in [4.69, 9.17) is 25.8 Å². The van der Waals surface area contributed by atoms with E-state index < -0.39 is 29.9 Å². The fourth-order valence-electron chi connectivity index (χ4n) is 4.82. The van der Waals surface area contributed by atoms with Crippen LogP contribution in [0.2, 0.25) is 5.02 Å². The highest BCUT2D eigenvalue weighted by Gasteiger charge is 2.50. The average molecular weight is 527 g/mol. The van der Waals surface area contributed by atoms with Crippen molar-refractivity contribution in [2.24, 2.45) is 0 Å². The summed E-state index contributed by atoms with van der Waals surface area (Å²) in [7, 11) is 3.38. The van der Waals surface area contributed by atoms with Gasteiger partial charge in [-0.15, -0.1) is 10.2 Å². The second-order valence-corrected chi connectivity index (χ2v) is 11.4. The molecular weight excluding hydrogens is 495 g/mol. The Balaban J connectivity index is 1.54. The van der Waals surface area contributed by atoms with Gasteiger partial charge in [-0.1, -0.05) is 22.9 Å². The lowest BCUT2D eigenvalue weighted by molar-refractivity contribution is -0.0466. The highest BCUT2D eigenvalue weighted by atomic mass is 35.5. The van der Waals surface area contributed by atoms with Gasteiger partial charge in [0.05, 0.1) is 17.6 Å². The molecule has 2 fully saturated rings. The van der Waals surface area contributed by atoms with Gasteiger partial charge < -0.3 is 19.1 Å². The summed E-state index contributed by atoms with van der Waals surface area (Å²) in [6.07, 6.45) is 1.20. The Morgan fingerprint density at radius 2 is 2.09 bits per heavy atom. The number of amides is 1. The van der Waals surface area contributed by atoms with Crippen LogP contribution in [0.25, 0.3) is 10.6 Å². The zero-order valence-corrected chi connectivity index (χ0v) is 22.2. The lowest BCUT2D eigenvalue weighted by atomic mass is 9.80. The molecule has 35 heavy (non-hydrogen) atoms. The smallest absolute Gasteiger partial charge is 0.410 e. The van der Waals surface area contributed by atoms with Gasteiger partial charge in [-0.05, 0) is 64.7 Å². The predicted molar refractivity (Wildman–Crippen MR) is 134 cm³/mol. The molecule has 1 aromatic heterocycles. The average Bonchev–Trinajstić information content (AvgIpc) is 3.28. The number of benzene rings is 1. The molecule has 2 aromatic rings. The fourth-order valence-corrected chi connectivity index (χ4v) is 5.87. The summed E-state index contributed by atoms with van der Waals surface area (Å²) >= 11 is 7.49. The second-order valence-electron chi connectivity index (χ2n) is 9.98. The van der Waals surface area contributed by atoms with Crippen molar-refractivity contribution in [1.29, 1.82) is 0 Å². The lowest BCUT2D eigenvalue weighted by Gasteiger charge is -2.51. The zero-order valence-electron chi connectivity index (χ0n) is 20.7. The summed E-state index contributed by atoms with van der Waals surface area (Å²) in [5.41, 5.74) is 0.110. The molecule has 0 unspecified atom stereocenters. The number of carbonyl (C=O) groups is 1. The van der Waals surface area contributed by atoms with E-state index in [0.29, 0.717) is 33.8 Å². The van der Waals surface area contributed by atoms with Crippen molar-refractivity contribution in [2.45, 2.75) is 76.4 Å². The molecule has 0 saturated carbocycles. The number of hydrogen-bond acceptors (Lipinski definition) is 8. The number of halogens is 2. The first-order chi connectivity index (χ1) is 16.6. The Labute approximate surface area is 214 Å². The van der Waals surface area contributed by atoms with Crippen LogP contribution < -0.4 is 9.64 Å². The Hall–Kier alpha value is -2.17. The van der Waals surface area contributed by atoms with Crippen LogP contribution in [0, 0.1) is 0 Å². The van der Waals surface area contributed by atoms with Crippen molar-refractivity contribution >= 4 is 34.2 Å². The minimum atomic E-state index is -1.23. The van der Waals surface area contributed by atoms with E-state index >= 15 is 4.39 Å². The van der Waals surface area contributed by atoms with Gasteiger partial charge in [-0.25, -0.2) is 9.18 Å². The van der Waals surface area contributed by atoms with Crippen LogP contribution in [0.3, 0.4) is 0 Å². The maximum Gasteiger partial charge on any atom is 0.410 e. The Bertz CT molecular complexity index is 1050. The number of carbonyl (C=O) groups excluding carboxylic acids is 1. The lowest BCUT2D eigenvalue weighted by Crippen LogP contribution is -2.65. The minimum Gasteiger partial charge on any atom is -0.467 e. The molecular formula is C24H32ClFN4O4S. The normalized spacial score (nSPS) is 24.3. The summed E-state index contributed by atoms with van der Waals surface area (Å²) < 4.78 is 32.2. The summed E-state index contributed by atoms with van der Waals surface area (Å²) in [6.45, 7) is 5.55. The van der Waals surface area contributed by atoms with Crippen LogP contribution in [0.1, 0.15) is 46.5 Å². The molecule has 4 atom stereocenters. The number of rotatable bonds is 6. The number of piperidine rings is 2.